The molecule has 0 spiro atoms. The first-order valence-electron chi connectivity index (χ1n) is 31.6. The van der Waals surface area contributed by atoms with Crippen molar-refractivity contribution in [2.75, 3.05) is 6.61 Å². The summed E-state index contributed by atoms with van der Waals surface area (Å²) in [6.07, 6.45) is 76.6. The minimum absolute atomic E-state index is 0.150. The van der Waals surface area contributed by atoms with E-state index in [0.29, 0.717) is 12.8 Å². The maximum atomic E-state index is 12.5. The molecule has 0 radical (unpaired) electrons. The number of allylic oxidation sites excluding steroid dienone is 4. The van der Waals surface area contributed by atoms with E-state index in [0.717, 1.165) is 44.9 Å². The lowest BCUT2D eigenvalue weighted by Crippen LogP contribution is -2.50. The molecule has 3 atom stereocenters. The van der Waals surface area contributed by atoms with Gasteiger partial charge in [0.05, 0.1) is 18.8 Å². The minimum Gasteiger partial charge on any atom is -0.394 e. The normalized spacial score (nSPS) is 13.3. The molecule has 69 heavy (non-hydrogen) atoms. The third kappa shape index (κ3) is 54.4. The molecule has 0 aromatic heterocycles. The van der Waals surface area contributed by atoms with Crippen molar-refractivity contribution in [2.45, 2.75) is 372 Å². The molecule has 0 bridgehead atoms. The average molecular weight is 973 g/mol. The fraction of sp³-hybridized carbons (Fsp3) is 0.922. The molecule has 0 aromatic carbocycles. The highest BCUT2D eigenvalue weighted by Gasteiger charge is 2.26. The topological polar surface area (TPSA) is 89.8 Å². The zero-order valence-corrected chi connectivity index (χ0v) is 47.0. The van der Waals surface area contributed by atoms with Crippen LogP contribution in [0, 0.1) is 0 Å². The maximum Gasteiger partial charge on any atom is 0.220 e. The van der Waals surface area contributed by atoms with Crippen molar-refractivity contribution in [1.29, 1.82) is 0 Å². The largest absolute Gasteiger partial charge is 0.394 e. The predicted octanol–water partition coefficient (Wildman–Crippen LogP) is 20.0. The molecule has 3 unspecified atom stereocenters. The monoisotopic (exact) mass is 972 g/mol. The van der Waals surface area contributed by atoms with Crippen molar-refractivity contribution in [3.05, 3.63) is 24.3 Å². The first kappa shape index (κ1) is 67.8. The molecule has 410 valence electrons. The van der Waals surface area contributed by atoms with Crippen molar-refractivity contribution in [1.82, 2.24) is 5.32 Å². The molecule has 0 saturated heterocycles. The molecule has 1 amide bonds. The second kappa shape index (κ2) is 59.4. The van der Waals surface area contributed by atoms with Gasteiger partial charge in [-0.3, -0.25) is 4.79 Å². The van der Waals surface area contributed by atoms with Crippen molar-refractivity contribution in [3.63, 3.8) is 0 Å². The fourth-order valence-corrected chi connectivity index (χ4v) is 10.2. The van der Waals surface area contributed by atoms with Gasteiger partial charge in [0.25, 0.3) is 0 Å². The van der Waals surface area contributed by atoms with Crippen molar-refractivity contribution >= 4 is 5.91 Å². The predicted molar refractivity (Wildman–Crippen MR) is 305 cm³/mol. The van der Waals surface area contributed by atoms with Crippen LogP contribution in [0.5, 0.6) is 0 Å². The van der Waals surface area contributed by atoms with Gasteiger partial charge in [-0.25, -0.2) is 0 Å². The highest BCUT2D eigenvalue weighted by molar-refractivity contribution is 5.76. The summed E-state index contributed by atoms with van der Waals surface area (Å²) in [5.74, 6) is -0.150. The molecule has 0 fully saturated rings. The Kier molecular flexibility index (Phi) is 58.4. The number of aliphatic hydroxyl groups excluding tert-OH is 3. The second-order valence-electron chi connectivity index (χ2n) is 22.0. The summed E-state index contributed by atoms with van der Waals surface area (Å²) in [4.78, 5) is 12.5. The molecule has 0 rings (SSSR count). The van der Waals surface area contributed by atoms with E-state index in [4.69, 9.17) is 0 Å². The third-order valence-corrected chi connectivity index (χ3v) is 15.0. The van der Waals surface area contributed by atoms with Gasteiger partial charge in [-0.05, 0) is 51.4 Å². The summed E-state index contributed by atoms with van der Waals surface area (Å²) < 4.78 is 0. The van der Waals surface area contributed by atoms with Gasteiger partial charge in [0.1, 0.15) is 6.10 Å². The number of carbonyl (C=O) groups excluding carboxylic acids is 1. The first-order valence-corrected chi connectivity index (χ1v) is 31.6. The Morgan fingerprint density at radius 2 is 0.594 bits per heavy atom. The van der Waals surface area contributed by atoms with E-state index < -0.39 is 18.2 Å². The average Bonchev–Trinajstić information content (AvgIpc) is 3.35. The first-order chi connectivity index (χ1) is 34.1. The number of carbonyl (C=O) groups is 1. The van der Waals surface area contributed by atoms with Crippen LogP contribution in [0.3, 0.4) is 0 Å². The Hall–Kier alpha value is -1.17. The van der Waals surface area contributed by atoms with Crippen LogP contribution >= 0.6 is 0 Å². The number of amides is 1. The van der Waals surface area contributed by atoms with Gasteiger partial charge in [0.15, 0.2) is 0 Å². The summed E-state index contributed by atoms with van der Waals surface area (Å²) in [7, 11) is 0. The molecular weight excluding hydrogens is 847 g/mol. The van der Waals surface area contributed by atoms with Crippen LogP contribution < -0.4 is 5.32 Å². The molecule has 0 aliphatic heterocycles. The van der Waals surface area contributed by atoms with Crippen molar-refractivity contribution in [3.8, 4) is 0 Å². The smallest absolute Gasteiger partial charge is 0.220 e. The summed E-state index contributed by atoms with van der Waals surface area (Å²) in [5.41, 5.74) is 0. The minimum atomic E-state index is -1.17. The van der Waals surface area contributed by atoms with Crippen LogP contribution in [-0.2, 0) is 4.79 Å². The van der Waals surface area contributed by atoms with E-state index in [-0.39, 0.29) is 12.5 Å². The lowest BCUT2D eigenvalue weighted by atomic mass is 10.0. The number of unbranched alkanes of at least 4 members (excludes halogenated alkanes) is 47. The lowest BCUT2D eigenvalue weighted by molar-refractivity contribution is -0.124. The van der Waals surface area contributed by atoms with Crippen LogP contribution in [0.25, 0.3) is 0 Å². The van der Waals surface area contributed by atoms with E-state index >= 15 is 0 Å². The summed E-state index contributed by atoms with van der Waals surface area (Å²) >= 11 is 0. The Bertz CT molecular complexity index is 1030. The van der Waals surface area contributed by atoms with Gasteiger partial charge < -0.3 is 20.6 Å². The molecule has 0 heterocycles. The molecule has 5 heteroatoms. The van der Waals surface area contributed by atoms with Gasteiger partial charge in [-0.2, -0.15) is 0 Å². The molecule has 4 N–H and O–H groups in total. The molecular formula is C64H125NO4. The van der Waals surface area contributed by atoms with E-state index in [1.165, 1.54) is 283 Å². The summed E-state index contributed by atoms with van der Waals surface area (Å²) in [5, 5.41) is 33.8. The van der Waals surface area contributed by atoms with Crippen molar-refractivity contribution in [2.24, 2.45) is 0 Å². The highest BCUT2D eigenvalue weighted by Crippen LogP contribution is 2.19. The van der Waals surface area contributed by atoms with E-state index in [1.807, 2.05) is 0 Å². The zero-order chi connectivity index (χ0) is 50.0. The summed E-state index contributed by atoms with van der Waals surface area (Å²) in [6, 6.07) is -0.831. The third-order valence-electron chi connectivity index (χ3n) is 15.0. The van der Waals surface area contributed by atoms with Crippen molar-refractivity contribution < 1.29 is 20.1 Å². The van der Waals surface area contributed by atoms with E-state index in [1.54, 1.807) is 0 Å². The molecule has 0 aromatic rings. The number of hydrogen-bond donors (Lipinski definition) is 4. The molecule has 0 saturated carbocycles. The number of nitrogens with one attached hydrogen (secondary N) is 1. The van der Waals surface area contributed by atoms with Gasteiger partial charge in [-0.15, -0.1) is 0 Å². The Balaban J connectivity index is 3.51. The zero-order valence-electron chi connectivity index (χ0n) is 47.0. The molecule has 0 aliphatic carbocycles. The quantitative estimate of drug-likeness (QED) is 0.0361. The highest BCUT2D eigenvalue weighted by atomic mass is 16.3. The van der Waals surface area contributed by atoms with Gasteiger partial charge in [0.2, 0.25) is 5.91 Å². The molecule has 0 aliphatic rings. The summed E-state index contributed by atoms with van der Waals surface area (Å²) in [6.45, 7) is 4.21. The van der Waals surface area contributed by atoms with E-state index in [2.05, 4.69) is 43.5 Å². The standard InChI is InChI=1S/C64H125NO4/c1-3-5-7-9-11-13-15-17-19-21-23-25-27-29-30-31-32-33-34-35-37-39-41-43-45-47-49-51-53-55-57-59-63(68)65-61(60-66)64(69)62(67)58-56-54-52-50-48-46-44-42-40-38-36-28-26-24-22-20-18-16-14-12-10-8-6-4-2/h42,44,50,52,61-62,64,66-67,69H,3-41,43,45-49,51,53-60H2,1-2H3,(H,65,68)/b44-42+,52-50+. The lowest BCUT2D eigenvalue weighted by Gasteiger charge is -2.26. The SMILES string of the molecule is CCCCCCCCCCCCCCCCC/C=C/CC/C=C/CCCC(O)C(O)C(CO)NC(=O)CCCCCCCCCCCCCCCCCCCCCCCCCCCCCCCCC. The Morgan fingerprint density at radius 1 is 0.348 bits per heavy atom. The van der Waals surface area contributed by atoms with Crippen LogP contribution in [0.2, 0.25) is 0 Å². The van der Waals surface area contributed by atoms with Gasteiger partial charge in [0, 0.05) is 6.42 Å². The van der Waals surface area contributed by atoms with Gasteiger partial charge in [-0.1, -0.05) is 321 Å². The number of hydrogen-bond acceptors (Lipinski definition) is 4. The van der Waals surface area contributed by atoms with E-state index in [9.17, 15) is 20.1 Å². The number of aliphatic hydroxyl groups is 3. The molecule has 5 nitrogen and oxygen atoms in total. The number of rotatable bonds is 59. The van der Waals surface area contributed by atoms with Gasteiger partial charge >= 0.3 is 0 Å². The van der Waals surface area contributed by atoms with Crippen LogP contribution in [0.1, 0.15) is 354 Å². The second-order valence-corrected chi connectivity index (χ2v) is 22.0. The Morgan fingerprint density at radius 3 is 0.884 bits per heavy atom. The Labute approximate surface area is 432 Å². The van der Waals surface area contributed by atoms with Crippen LogP contribution in [-0.4, -0.2) is 46.1 Å². The maximum absolute atomic E-state index is 12.5. The fourth-order valence-electron chi connectivity index (χ4n) is 10.2. The van der Waals surface area contributed by atoms with Crippen LogP contribution in [0.4, 0.5) is 0 Å². The van der Waals surface area contributed by atoms with Crippen LogP contribution in [0.15, 0.2) is 24.3 Å².